The van der Waals surface area contributed by atoms with Crippen molar-refractivity contribution in [3.05, 3.63) is 0 Å². The molecule has 122 valence electrons. The van der Waals surface area contributed by atoms with Crippen LogP contribution in [0.15, 0.2) is 0 Å². The zero-order chi connectivity index (χ0) is 15.3. The summed E-state index contributed by atoms with van der Waals surface area (Å²) in [7, 11) is -2.67. The molecule has 0 fully saturated rings. The van der Waals surface area contributed by atoms with Gasteiger partial charge in [0.15, 0.2) is 0 Å². The van der Waals surface area contributed by atoms with Crippen LogP contribution in [0, 0.1) is 0 Å². The molecule has 0 aliphatic rings. The molecule has 0 amide bonds. The molecule has 5 heteroatoms. The van der Waals surface area contributed by atoms with Crippen LogP contribution < -0.4 is 0 Å². The normalized spacial score (nSPS) is 13.7. The van der Waals surface area contributed by atoms with E-state index in [0.717, 1.165) is 32.1 Å². The zero-order valence-electron chi connectivity index (χ0n) is 14.1. The summed E-state index contributed by atoms with van der Waals surface area (Å²) in [4.78, 5) is 0. The second kappa shape index (κ2) is 12.8. The van der Waals surface area contributed by atoms with E-state index >= 15 is 0 Å². The van der Waals surface area contributed by atoms with Crippen molar-refractivity contribution in [2.24, 2.45) is 0 Å². The van der Waals surface area contributed by atoms with Crippen LogP contribution in [0.25, 0.3) is 0 Å². The standard InChI is InChI=1S/C15H34O4Si/c1-6-10-15(5)16-14-20(17-11-7-2,18-12-8-3)19-13-9-4/h15H,6-14H2,1-5H3. The van der Waals surface area contributed by atoms with E-state index in [1.165, 1.54) is 0 Å². The molecule has 0 radical (unpaired) electrons. The van der Waals surface area contributed by atoms with Crippen molar-refractivity contribution in [2.45, 2.75) is 72.8 Å². The number of ether oxygens (including phenoxy) is 1. The Morgan fingerprint density at radius 1 is 0.750 bits per heavy atom. The largest absolute Gasteiger partial charge is 0.528 e. The molecule has 0 aliphatic carbocycles. The fourth-order valence-electron chi connectivity index (χ4n) is 1.76. The van der Waals surface area contributed by atoms with Crippen molar-refractivity contribution < 1.29 is 18.0 Å². The van der Waals surface area contributed by atoms with Gasteiger partial charge in [-0.2, -0.15) is 0 Å². The van der Waals surface area contributed by atoms with E-state index in [1.54, 1.807) is 0 Å². The summed E-state index contributed by atoms with van der Waals surface area (Å²) < 4.78 is 23.9. The van der Waals surface area contributed by atoms with Crippen LogP contribution in [0.3, 0.4) is 0 Å². The van der Waals surface area contributed by atoms with Gasteiger partial charge in [0.1, 0.15) is 6.23 Å². The van der Waals surface area contributed by atoms with E-state index in [4.69, 9.17) is 18.0 Å². The molecular formula is C15H34O4Si. The summed E-state index contributed by atoms with van der Waals surface area (Å²) in [5, 5.41) is 0. The summed E-state index contributed by atoms with van der Waals surface area (Å²) in [5.74, 6) is 0. The van der Waals surface area contributed by atoms with Crippen molar-refractivity contribution in [2.75, 3.05) is 26.1 Å². The number of rotatable bonds is 14. The molecule has 1 atom stereocenters. The quantitative estimate of drug-likeness (QED) is 0.455. The third-order valence-electron chi connectivity index (χ3n) is 2.82. The summed E-state index contributed by atoms with van der Waals surface area (Å²) in [6.07, 6.45) is 5.76. The first-order chi connectivity index (χ1) is 9.64. The lowest BCUT2D eigenvalue weighted by Gasteiger charge is -2.30. The third-order valence-corrected chi connectivity index (χ3v) is 5.27. The van der Waals surface area contributed by atoms with Gasteiger partial charge in [-0.25, -0.2) is 0 Å². The van der Waals surface area contributed by atoms with Crippen molar-refractivity contribution in [1.29, 1.82) is 0 Å². The first kappa shape index (κ1) is 20.1. The Kier molecular flexibility index (Phi) is 12.8. The molecule has 0 aromatic rings. The Morgan fingerprint density at radius 2 is 1.20 bits per heavy atom. The van der Waals surface area contributed by atoms with E-state index in [-0.39, 0.29) is 6.10 Å². The van der Waals surface area contributed by atoms with Crippen LogP contribution in [0.1, 0.15) is 66.7 Å². The average Bonchev–Trinajstić information content (AvgIpc) is 2.46. The predicted octanol–water partition coefficient (Wildman–Crippen LogP) is 3.95. The highest BCUT2D eigenvalue weighted by molar-refractivity contribution is 6.60. The second-order valence-electron chi connectivity index (χ2n) is 5.14. The predicted molar refractivity (Wildman–Crippen MR) is 84.8 cm³/mol. The molecule has 0 saturated heterocycles. The van der Waals surface area contributed by atoms with Gasteiger partial charge in [0.2, 0.25) is 0 Å². The second-order valence-corrected chi connectivity index (χ2v) is 7.66. The fourth-order valence-corrected chi connectivity index (χ4v) is 4.29. The lowest BCUT2D eigenvalue weighted by Crippen LogP contribution is -2.52. The van der Waals surface area contributed by atoms with Gasteiger partial charge in [-0.05, 0) is 32.6 Å². The van der Waals surface area contributed by atoms with Gasteiger partial charge in [-0.15, -0.1) is 0 Å². The van der Waals surface area contributed by atoms with E-state index in [9.17, 15) is 0 Å². The van der Waals surface area contributed by atoms with Crippen LogP contribution >= 0.6 is 0 Å². The summed E-state index contributed by atoms with van der Waals surface area (Å²) in [6.45, 7) is 12.6. The molecule has 0 aromatic heterocycles. The number of hydrogen-bond donors (Lipinski definition) is 0. The van der Waals surface area contributed by atoms with Gasteiger partial charge in [-0.3, -0.25) is 0 Å². The Labute approximate surface area is 126 Å². The highest BCUT2D eigenvalue weighted by Crippen LogP contribution is 2.15. The highest BCUT2D eigenvalue weighted by atomic mass is 28.4. The Balaban J connectivity index is 4.56. The van der Waals surface area contributed by atoms with E-state index in [1.807, 2.05) is 0 Å². The molecule has 0 spiro atoms. The van der Waals surface area contributed by atoms with Crippen molar-refractivity contribution in [3.63, 3.8) is 0 Å². The summed E-state index contributed by atoms with van der Waals surface area (Å²) >= 11 is 0. The minimum atomic E-state index is -2.67. The Bertz CT molecular complexity index is 192. The highest BCUT2D eigenvalue weighted by Gasteiger charge is 2.42. The van der Waals surface area contributed by atoms with Gasteiger partial charge in [0.25, 0.3) is 0 Å². The van der Waals surface area contributed by atoms with Gasteiger partial charge >= 0.3 is 8.80 Å². The van der Waals surface area contributed by atoms with Gasteiger partial charge in [0, 0.05) is 19.8 Å². The van der Waals surface area contributed by atoms with E-state index in [2.05, 4.69) is 34.6 Å². The fraction of sp³-hybridized carbons (Fsp3) is 1.00. The summed E-state index contributed by atoms with van der Waals surface area (Å²) in [6, 6.07) is 0. The van der Waals surface area contributed by atoms with Crippen molar-refractivity contribution >= 4 is 8.80 Å². The third kappa shape index (κ3) is 9.08. The van der Waals surface area contributed by atoms with Crippen LogP contribution in [-0.2, 0) is 18.0 Å². The van der Waals surface area contributed by atoms with Crippen molar-refractivity contribution in [3.8, 4) is 0 Å². The maximum atomic E-state index is 5.98. The molecular weight excluding hydrogens is 272 g/mol. The van der Waals surface area contributed by atoms with Crippen LogP contribution in [0.4, 0.5) is 0 Å². The van der Waals surface area contributed by atoms with Gasteiger partial charge in [0.05, 0.1) is 6.10 Å². The minimum absolute atomic E-state index is 0.229. The van der Waals surface area contributed by atoms with Gasteiger partial charge < -0.3 is 18.0 Å². The average molecular weight is 307 g/mol. The van der Waals surface area contributed by atoms with Crippen molar-refractivity contribution in [1.82, 2.24) is 0 Å². The molecule has 0 aromatic carbocycles. The van der Waals surface area contributed by atoms with Gasteiger partial charge in [-0.1, -0.05) is 34.1 Å². The smallest absolute Gasteiger partial charge is 0.374 e. The lowest BCUT2D eigenvalue weighted by atomic mass is 10.2. The van der Waals surface area contributed by atoms with Crippen LogP contribution in [-0.4, -0.2) is 41.0 Å². The van der Waals surface area contributed by atoms with E-state index < -0.39 is 8.80 Å². The SMILES string of the molecule is CCCO[Si](COC(C)CCC)(OCCC)OCCC. The molecule has 4 nitrogen and oxygen atoms in total. The van der Waals surface area contributed by atoms with E-state index in [0.29, 0.717) is 26.1 Å². The molecule has 0 heterocycles. The maximum Gasteiger partial charge on any atom is 0.528 e. The van der Waals surface area contributed by atoms with Crippen LogP contribution in [0.2, 0.25) is 0 Å². The molecule has 0 rings (SSSR count). The molecule has 1 unspecified atom stereocenters. The monoisotopic (exact) mass is 306 g/mol. The summed E-state index contributed by atoms with van der Waals surface area (Å²) in [5.41, 5.74) is 0. The first-order valence-electron chi connectivity index (χ1n) is 8.17. The molecule has 0 aliphatic heterocycles. The molecule has 20 heavy (non-hydrogen) atoms. The first-order valence-corrected chi connectivity index (χ1v) is 10.1. The Morgan fingerprint density at radius 3 is 1.55 bits per heavy atom. The Hall–Kier alpha value is 0.0569. The minimum Gasteiger partial charge on any atom is -0.374 e. The topological polar surface area (TPSA) is 36.9 Å². The number of hydrogen-bond acceptors (Lipinski definition) is 4. The zero-order valence-corrected chi connectivity index (χ0v) is 15.1. The van der Waals surface area contributed by atoms with Crippen LogP contribution in [0.5, 0.6) is 0 Å². The molecule has 0 saturated carbocycles. The molecule has 0 N–H and O–H groups in total. The maximum absolute atomic E-state index is 5.98. The molecule has 0 bridgehead atoms. The lowest BCUT2D eigenvalue weighted by molar-refractivity contribution is 0.00118.